The predicted octanol–water partition coefficient (Wildman–Crippen LogP) is 4.56. The second kappa shape index (κ2) is 7.49. The molecule has 3 rings (SSSR count). The Hall–Kier alpha value is -2.11. The topological polar surface area (TPSA) is 60.6 Å². The number of hydrogen-bond donors (Lipinski definition) is 1. The Bertz CT molecular complexity index is 895. The molecule has 0 radical (unpaired) electrons. The molecule has 146 valence electrons. The molecule has 5 nitrogen and oxygen atoms in total. The second-order valence-corrected chi connectivity index (χ2v) is 8.16. The molecule has 1 aromatic heterocycles. The van der Waals surface area contributed by atoms with E-state index in [1.54, 1.807) is 0 Å². The van der Waals surface area contributed by atoms with Crippen molar-refractivity contribution >= 4 is 10.9 Å². The first-order chi connectivity index (χ1) is 12.7. The van der Waals surface area contributed by atoms with E-state index in [1.165, 1.54) is 11.6 Å². The number of aromatic nitrogens is 1. The summed E-state index contributed by atoms with van der Waals surface area (Å²) < 4.78 is 17.9. The summed E-state index contributed by atoms with van der Waals surface area (Å²) in [6.45, 7) is 10.6. The Morgan fingerprint density at radius 1 is 1.26 bits per heavy atom. The number of para-hydroxylation sites is 1. The van der Waals surface area contributed by atoms with Gasteiger partial charge in [-0.15, -0.1) is 0 Å². The molecule has 2 heterocycles. The SMILES string of the molecule is CC(=CCOc1cc(=O)[nH]c2ccccc12)CC[C@H]1OC(C)(C)OC1(C)C. The van der Waals surface area contributed by atoms with Gasteiger partial charge in [0.25, 0.3) is 5.56 Å². The normalized spacial score (nSPS) is 21.5. The fourth-order valence-corrected chi connectivity index (χ4v) is 3.64. The van der Waals surface area contributed by atoms with E-state index in [0.29, 0.717) is 12.4 Å². The Morgan fingerprint density at radius 2 is 2.00 bits per heavy atom. The molecule has 1 aliphatic heterocycles. The number of nitrogens with one attached hydrogen (secondary N) is 1. The highest BCUT2D eigenvalue weighted by Gasteiger charge is 2.46. The molecule has 1 saturated heterocycles. The summed E-state index contributed by atoms with van der Waals surface area (Å²) in [5, 5.41) is 0.906. The van der Waals surface area contributed by atoms with Gasteiger partial charge in [0.1, 0.15) is 12.4 Å². The minimum atomic E-state index is -0.531. The van der Waals surface area contributed by atoms with Crippen molar-refractivity contribution in [2.75, 3.05) is 6.61 Å². The molecule has 1 aliphatic rings. The third-order valence-electron chi connectivity index (χ3n) is 4.89. The minimum Gasteiger partial charge on any atom is -0.489 e. The van der Waals surface area contributed by atoms with Crippen LogP contribution in [0.25, 0.3) is 10.9 Å². The van der Waals surface area contributed by atoms with E-state index in [9.17, 15) is 4.79 Å². The van der Waals surface area contributed by atoms with E-state index in [-0.39, 0.29) is 17.3 Å². The number of aromatic amines is 1. The first kappa shape index (κ1) is 19.6. The number of pyridine rings is 1. The van der Waals surface area contributed by atoms with Gasteiger partial charge in [-0.25, -0.2) is 0 Å². The lowest BCUT2D eigenvalue weighted by Crippen LogP contribution is -2.33. The van der Waals surface area contributed by atoms with Gasteiger partial charge in [-0.05, 0) is 65.7 Å². The average Bonchev–Trinajstić information content (AvgIpc) is 2.79. The summed E-state index contributed by atoms with van der Waals surface area (Å²) in [4.78, 5) is 14.6. The van der Waals surface area contributed by atoms with Gasteiger partial charge < -0.3 is 19.2 Å². The zero-order chi connectivity index (χ0) is 19.7. The van der Waals surface area contributed by atoms with Crippen molar-refractivity contribution in [2.45, 2.75) is 65.0 Å². The van der Waals surface area contributed by atoms with Crippen LogP contribution in [0.1, 0.15) is 47.5 Å². The van der Waals surface area contributed by atoms with E-state index < -0.39 is 5.79 Å². The molecule has 27 heavy (non-hydrogen) atoms. The van der Waals surface area contributed by atoms with Crippen LogP contribution in [0.15, 0.2) is 46.8 Å². The van der Waals surface area contributed by atoms with Crippen LogP contribution in [-0.2, 0) is 9.47 Å². The van der Waals surface area contributed by atoms with Gasteiger partial charge in [-0.1, -0.05) is 17.7 Å². The standard InChI is InChI=1S/C22H29NO4/c1-15(10-11-19-21(2,3)27-22(4,5)26-19)12-13-25-18-14-20(24)23-17-9-7-6-8-16(17)18/h6-9,12,14,19H,10-11,13H2,1-5H3,(H,23,24)/t19-/m1/s1. The molecule has 0 spiro atoms. The average molecular weight is 371 g/mol. The molecular formula is C22H29NO4. The summed E-state index contributed by atoms with van der Waals surface area (Å²) in [6.07, 6.45) is 3.93. The second-order valence-electron chi connectivity index (χ2n) is 8.16. The zero-order valence-corrected chi connectivity index (χ0v) is 16.8. The van der Waals surface area contributed by atoms with Crippen LogP contribution in [0.3, 0.4) is 0 Å². The van der Waals surface area contributed by atoms with Crippen molar-refractivity contribution in [2.24, 2.45) is 0 Å². The number of hydrogen-bond acceptors (Lipinski definition) is 4. The van der Waals surface area contributed by atoms with Gasteiger partial charge in [0.05, 0.1) is 17.2 Å². The minimum absolute atomic E-state index is 0.0633. The monoisotopic (exact) mass is 371 g/mol. The van der Waals surface area contributed by atoms with E-state index in [0.717, 1.165) is 23.7 Å². The van der Waals surface area contributed by atoms with E-state index in [4.69, 9.17) is 14.2 Å². The molecule has 5 heteroatoms. The van der Waals surface area contributed by atoms with Crippen LogP contribution >= 0.6 is 0 Å². The van der Waals surface area contributed by atoms with E-state index >= 15 is 0 Å². The first-order valence-corrected chi connectivity index (χ1v) is 9.45. The summed E-state index contributed by atoms with van der Waals surface area (Å²) in [5.41, 5.74) is 1.56. The van der Waals surface area contributed by atoms with Gasteiger partial charge in [0.15, 0.2) is 5.79 Å². The molecule has 2 aromatic rings. The van der Waals surface area contributed by atoms with Crippen molar-refractivity contribution in [1.82, 2.24) is 4.98 Å². The summed E-state index contributed by atoms with van der Waals surface area (Å²) in [7, 11) is 0. The van der Waals surface area contributed by atoms with Crippen molar-refractivity contribution in [3.63, 3.8) is 0 Å². The van der Waals surface area contributed by atoms with Crippen molar-refractivity contribution in [1.29, 1.82) is 0 Å². The highest BCUT2D eigenvalue weighted by molar-refractivity contribution is 5.84. The molecule has 0 unspecified atom stereocenters. The van der Waals surface area contributed by atoms with Crippen LogP contribution < -0.4 is 10.3 Å². The highest BCUT2D eigenvalue weighted by atomic mass is 16.8. The number of ether oxygens (including phenoxy) is 3. The van der Waals surface area contributed by atoms with Crippen molar-refractivity contribution < 1.29 is 14.2 Å². The van der Waals surface area contributed by atoms with Crippen LogP contribution in [0.4, 0.5) is 0 Å². The number of allylic oxidation sites excluding steroid dienone is 1. The Balaban J connectivity index is 1.58. The zero-order valence-electron chi connectivity index (χ0n) is 16.8. The fourth-order valence-electron chi connectivity index (χ4n) is 3.64. The van der Waals surface area contributed by atoms with Crippen molar-refractivity contribution in [3.05, 3.63) is 52.3 Å². The smallest absolute Gasteiger partial charge is 0.252 e. The van der Waals surface area contributed by atoms with Crippen LogP contribution in [0.5, 0.6) is 5.75 Å². The highest BCUT2D eigenvalue weighted by Crippen LogP contribution is 2.38. The molecule has 1 atom stereocenters. The van der Waals surface area contributed by atoms with Crippen LogP contribution in [0, 0.1) is 0 Å². The van der Waals surface area contributed by atoms with Crippen molar-refractivity contribution in [3.8, 4) is 5.75 Å². The molecule has 0 bridgehead atoms. The Kier molecular flexibility index (Phi) is 5.45. The first-order valence-electron chi connectivity index (χ1n) is 9.45. The van der Waals surface area contributed by atoms with Crippen LogP contribution in [0.2, 0.25) is 0 Å². The quantitative estimate of drug-likeness (QED) is 0.756. The molecule has 0 aliphatic carbocycles. The number of benzene rings is 1. The molecule has 0 amide bonds. The molecule has 0 saturated carbocycles. The Morgan fingerprint density at radius 3 is 2.70 bits per heavy atom. The molecule has 1 aromatic carbocycles. The van der Waals surface area contributed by atoms with Crippen LogP contribution in [-0.4, -0.2) is 29.1 Å². The van der Waals surface area contributed by atoms with E-state index in [1.807, 2.05) is 38.1 Å². The number of rotatable bonds is 6. The van der Waals surface area contributed by atoms with E-state index in [2.05, 4.69) is 31.8 Å². The van der Waals surface area contributed by atoms with Gasteiger partial charge in [0, 0.05) is 11.5 Å². The molecule has 1 fully saturated rings. The van der Waals surface area contributed by atoms with Gasteiger partial charge >= 0.3 is 0 Å². The third kappa shape index (κ3) is 4.79. The summed E-state index contributed by atoms with van der Waals surface area (Å²) in [6, 6.07) is 9.14. The van der Waals surface area contributed by atoms with Gasteiger partial charge in [0.2, 0.25) is 0 Å². The predicted molar refractivity (Wildman–Crippen MR) is 107 cm³/mol. The number of H-pyrrole nitrogens is 1. The summed E-state index contributed by atoms with van der Waals surface area (Å²) >= 11 is 0. The largest absolute Gasteiger partial charge is 0.489 e. The lowest BCUT2D eigenvalue weighted by molar-refractivity contribution is -0.157. The van der Waals surface area contributed by atoms with Gasteiger partial charge in [-0.2, -0.15) is 0 Å². The summed E-state index contributed by atoms with van der Waals surface area (Å²) in [5.74, 6) is 0.0739. The Labute approximate surface area is 160 Å². The fraction of sp³-hybridized carbons (Fsp3) is 0.500. The molecule has 1 N–H and O–H groups in total. The number of fused-ring (bicyclic) bond motifs is 1. The lowest BCUT2D eigenvalue weighted by atomic mass is 9.96. The maximum absolute atomic E-state index is 11.8. The maximum atomic E-state index is 11.8. The maximum Gasteiger partial charge on any atom is 0.252 e. The van der Waals surface area contributed by atoms with Gasteiger partial charge in [-0.3, -0.25) is 4.79 Å². The molecular weight excluding hydrogens is 342 g/mol. The lowest BCUT2D eigenvalue weighted by Gasteiger charge is -2.24. The third-order valence-corrected chi connectivity index (χ3v) is 4.89.